The molecule has 0 radical (unpaired) electrons. The lowest BCUT2D eigenvalue weighted by molar-refractivity contribution is -0.131. The van der Waals surface area contributed by atoms with Crippen molar-refractivity contribution in [1.29, 1.82) is 5.26 Å². The molecule has 0 unspecified atom stereocenters. The predicted octanol–water partition coefficient (Wildman–Crippen LogP) is 5.49. The molecule has 3 aromatic rings. The molecule has 1 amide bonds. The fourth-order valence-electron chi connectivity index (χ4n) is 5.14. The number of sulfone groups is 1. The van der Waals surface area contributed by atoms with Crippen molar-refractivity contribution in [3.8, 4) is 11.8 Å². The van der Waals surface area contributed by atoms with Crippen LogP contribution in [0.3, 0.4) is 0 Å². The fraction of sp³-hybridized carbons (Fsp3) is 0.333. The van der Waals surface area contributed by atoms with E-state index in [1.807, 2.05) is 29.2 Å². The Bertz CT molecular complexity index is 1550. The molecule has 3 atom stereocenters. The smallest absolute Gasteiger partial charge is 0.345 e. The number of halogens is 3. The van der Waals surface area contributed by atoms with Crippen LogP contribution in [-0.2, 0) is 14.6 Å². The summed E-state index contributed by atoms with van der Waals surface area (Å²) in [4.78, 5) is 14.5. The number of hydrogen-bond donors (Lipinski definition) is 1. The van der Waals surface area contributed by atoms with Crippen molar-refractivity contribution in [3.05, 3.63) is 87.0 Å². The maximum atomic E-state index is 13.0. The summed E-state index contributed by atoms with van der Waals surface area (Å²) < 4.78 is 62.5. The van der Waals surface area contributed by atoms with Crippen molar-refractivity contribution in [2.45, 2.75) is 49.3 Å². The van der Waals surface area contributed by atoms with Gasteiger partial charge in [0, 0.05) is 33.6 Å². The number of nitrogens with zero attached hydrogens (tertiary/aromatic N) is 2. The van der Waals surface area contributed by atoms with Crippen LogP contribution in [0.4, 0.5) is 14.5 Å². The molecular formula is C30H30F2IN3O5S. The average molecular weight is 710 g/mol. The first-order valence-electron chi connectivity index (χ1n) is 13.2. The zero-order valence-electron chi connectivity index (χ0n) is 22.8. The van der Waals surface area contributed by atoms with Gasteiger partial charge in [-0.15, -0.1) is 0 Å². The van der Waals surface area contributed by atoms with Crippen molar-refractivity contribution in [1.82, 2.24) is 0 Å². The van der Waals surface area contributed by atoms with E-state index in [2.05, 4.69) is 33.4 Å². The number of nitriles is 1. The Kier molecular flexibility index (Phi) is 10.4. The Labute approximate surface area is 257 Å². The maximum absolute atomic E-state index is 13.0. The van der Waals surface area contributed by atoms with E-state index >= 15 is 0 Å². The minimum Gasteiger partial charge on any atom is -0.489 e. The van der Waals surface area contributed by atoms with Gasteiger partial charge in [0.25, 0.3) is 0 Å². The van der Waals surface area contributed by atoms with E-state index in [4.69, 9.17) is 10.5 Å². The molecule has 1 aliphatic rings. The standard InChI is InChI=1S/C30H30F2IN3O5S/c1-2-42(38,39)25-10-3-19(4-11-25)26(13-14-34)28-16-21(7-12-27(28)29(35)37)36-17-24(15-22(36)18-40-30(31)32)41-23-8-5-20(33)6-9-23/h3-12,16,22,24,26,30H,2,13,15,17-18H2,1H3,(H2,35,37)/t22-,24-,26-/m0/s1. The number of hydrogen-bond acceptors (Lipinski definition) is 7. The van der Waals surface area contributed by atoms with Gasteiger partial charge in [-0.3, -0.25) is 4.79 Å². The van der Waals surface area contributed by atoms with E-state index in [1.165, 1.54) is 12.1 Å². The molecule has 3 aromatic carbocycles. The van der Waals surface area contributed by atoms with Crippen LogP contribution in [0, 0.1) is 14.9 Å². The van der Waals surface area contributed by atoms with Crippen LogP contribution in [-0.4, -0.2) is 52.0 Å². The summed E-state index contributed by atoms with van der Waals surface area (Å²) >= 11 is 2.19. The van der Waals surface area contributed by atoms with Crippen molar-refractivity contribution in [2.24, 2.45) is 5.73 Å². The fourth-order valence-corrected chi connectivity index (χ4v) is 6.38. The molecule has 222 valence electrons. The summed E-state index contributed by atoms with van der Waals surface area (Å²) in [5.74, 6) is -0.692. The highest BCUT2D eigenvalue weighted by Gasteiger charge is 2.35. The number of anilines is 1. The highest BCUT2D eigenvalue weighted by Crippen LogP contribution is 2.36. The molecule has 0 aliphatic carbocycles. The largest absolute Gasteiger partial charge is 0.489 e. The van der Waals surface area contributed by atoms with E-state index in [0.29, 0.717) is 35.5 Å². The van der Waals surface area contributed by atoms with Crippen LogP contribution >= 0.6 is 22.6 Å². The first kappa shape index (κ1) is 31.7. The zero-order valence-corrected chi connectivity index (χ0v) is 25.7. The lowest BCUT2D eigenvalue weighted by Gasteiger charge is -2.28. The van der Waals surface area contributed by atoms with Crippen molar-refractivity contribution in [2.75, 3.05) is 23.8 Å². The zero-order chi connectivity index (χ0) is 30.4. The van der Waals surface area contributed by atoms with E-state index in [1.54, 1.807) is 37.3 Å². The highest BCUT2D eigenvalue weighted by atomic mass is 127. The maximum Gasteiger partial charge on any atom is 0.345 e. The number of benzene rings is 3. The molecule has 2 N–H and O–H groups in total. The second-order valence-electron chi connectivity index (χ2n) is 9.85. The molecule has 0 spiro atoms. The lowest BCUT2D eigenvalue weighted by Crippen LogP contribution is -2.34. The number of primary amides is 1. The van der Waals surface area contributed by atoms with Gasteiger partial charge < -0.3 is 20.1 Å². The van der Waals surface area contributed by atoms with Crippen LogP contribution in [0.25, 0.3) is 0 Å². The Morgan fingerprint density at radius 2 is 1.83 bits per heavy atom. The molecule has 42 heavy (non-hydrogen) atoms. The minimum atomic E-state index is -3.43. The monoisotopic (exact) mass is 709 g/mol. The van der Waals surface area contributed by atoms with E-state index in [-0.39, 0.29) is 35.3 Å². The molecule has 0 saturated carbocycles. The van der Waals surface area contributed by atoms with Crippen LogP contribution < -0.4 is 15.4 Å². The molecule has 12 heteroatoms. The van der Waals surface area contributed by atoms with E-state index in [0.717, 1.165) is 3.57 Å². The third-order valence-corrected chi connectivity index (χ3v) is 9.70. The Balaban J connectivity index is 1.71. The van der Waals surface area contributed by atoms with Crippen molar-refractivity contribution >= 4 is 44.0 Å². The third kappa shape index (κ3) is 7.56. The SMILES string of the molecule is CCS(=O)(=O)c1ccc([C@H](CC#N)c2cc(N3C[C@@H](Oc4ccc(I)cc4)C[C@H]3COC(F)F)ccc2C(N)=O)cc1. The summed E-state index contributed by atoms with van der Waals surface area (Å²) in [6.45, 7) is -1.26. The molecule has 0 bridgehead atoms. The first-order chi connectivity index (χ1) is 20.0. The molecule has 1 heterocycles. The second-order valence-corrected chi connectivity index (χ2v) is 13.4. The van der Waals surface area contributed by atoms with Crippen LogP contribution in [0.1, 0.15) is 47.2 Å². The molecule has 1 aliphatic heterocycles. The average Bonchev–Trinajstić information content (AvgIpc) is 3.38. The van der Waals surface area contributed by atoms with Gasteiger partial charge in [-0.05, 0) is 88.3 Å². The van der Waals surface area contributed by atoms with Gasteiger partial charge in [-0.25, -0.2) is 8.42 Å². The predicted molar refractivity (Wildman–Crippen MR) is 162 cm³/mol. The van der Waals surface area contributed by atoms with Crippen LogP contribution in [0.2, 0.25) is 0 Å². The number of alkyl halides is 2. The van der Waals surface area contributed by atoms with Gasteiger partial charge in [0.15, 0.2) is 9.84 Å². The topological polar surface area (TPSA) is 123 Å². The molecule has 0 aromatic heterocycles. The van der Waals surface area contributed by atoms with Crippen LogP contribution in [0.15, 0.2) is 71.6 Å². The van der Waals surface area contributed by atoms with Crippen LogP contribution in [0.5, 0.6) is 5.75 Å². The summed E-state index contributed by atoms with van der Waals surface area (Å²) in [6, 6.07) is 20.4. The Morgan fingerprint density at radius 1 is 1.14 bits per heavy atom. The van der Waals surface area contributed by atoms with Crippen molar-refractivity contribution in [3.63, 3.8) is 0 Å². The molecule has 4 rings (SSSR count). The van der Waals surface area contributed by atoms with Gasteiger partial charge >= 0.3 is 6.61 Å². The normalized spacial score (nSPS) is 17.7. The lowest BCUT2D eigenvalue weighted by atomic mass is 9.85. The third-order valence-electron chi connectivity index (χ3n) is 7.23. The van der Waals surface area contributed by atoms with E-state index in [9.17, 15) is 27.3 Å². The minimum absolute atomic E-state index is 0.0138. The number of rotatable bonds is 12. The summed E-state index contributed by atoms with van der Waals surface area (Å²) in [6.07, 6.45) is 0.0827. The van der Waals surface area contributed by atoms with E-state index < -0.39 is 34.3 Å². The molecule has 8 nitrogen and oxygen atoms in total. The van der Waals surface area contributed by atoms with Gasteiger partial charge in [0.1, 0.15) is 11.9 Å². The quantitative estimate of drug-likeness (QED) is 0.247. The van der Waals surface area contributed by atoms with Gasteiger partial charge in [-0.1, -0.05) is 19.1 Å². The number of carbonyl (C=O) groups is 1. The Hall–Kier alpha value is -3.28. The number of carbonyl (C=O) groups excluding carboxylic acids is 1. The van der Waals surface area contributed by atoms with Gasteiger partial charge in [0.05, 0.1) is 35.9 Å². The van der Waals surface area contributed by atoms with Crippen molar-refractivity contribution < 1.29 is 31.5 Å². The second kappa shape index (κ2) is 13.8. The molecule has 1 saturated heterocycles. The van der Waals surface area contributed by atoms with Gasteiger partial charge in [-0.2, -0.15) is 14.0 Å². The molecule has 1 fully saturated rings. The van der Waals surface area contributed by atoms with Gasteiger partial charge in [0.2, 0.25) is 5.91 Å². The molecular weight excluding hydrogens is 679 g/mol. The Morgan fingerprint density at radius 3 is 2.43 bits per heavy atom. The summed E-state index contributed by atoms with van der Waals surface area (Å²) in [7, 11) is -3.43. The number of ether oxygens (including phenoxy) is 2. The highest BCUT2D eigenvalue weighted by molar-refractivity contribution is 14.1. The summed E-state index contributed by atoms with van der Waals surface area (Å²) in [5.41, 5.74) is 7.65. The summed E-state index contributed by atoms with van der Waals surface area (Å²) in [5, 5.41) is 9.67. The first-order valence-corrected chi connectivity index (χ1v) is 16.0. The number of nitrogens with two attached hydrogens (primary N) is 1. The number of amides is 1.